The number of pyridine rings is 1. The fourth-order valence-corrected chi connectivity index (χ4v) is 5.78. The van der Waals surface area contributed by atoms with E-state index >= 15 is 0 Å². The SMILES string of the molecule is C=CC(=O)Nc1cccc2ccc(-c3cccc(C)c3CNc3nc(NC[C@H]4CCNC[C@@H]4O)nc4c(C(C)C)cnn34)nc12. The Hall–Kier alpha value is -4.87. The number of carbonyl (C=O) groups is 1. The number of aromatic nitrogens is 5. The lowest BCUT2D eigenvalue weighted by atomic mass is 9.95. The van der Waals surface area contributed by atoms with Gasteiger partial charge in [-0.2, -0.15) is 19.6 Å². The van der Waals surface area contributed by atoms with Crippen molar-refractivity contribution < 1.29 is 9.90 Å². The van der Waals surface area contributed by atoms with Gasteiger partial charge in [-0.25, -0.2) is 4.98 Å². The first-order chi connectivity index (χ1) is 21.8. The summed E-state index contributed by atoms with van der Waals surface area (Å²) in [6, 6.07) is 15.9. The number of hydrogen-bond acceptors (Lipinski definition) is 9. The van der Waals surface area contributed by atoms with Crippen molar-refractivity contribution in [1.82, 2.24) is 29.9 Å². The minimum absolute atomic E-state index is 0.117. The first-order valence-corrected chi connectivity index (χ1v) is 15.4. The van der Waals surface area contributed by atoms with E-state index in [2.05, 4.69) is 65.8 Å². The summed E-state index contributed by atoms with van der Waals surface area (Å²) in [5.41, 5.74) is 7.03. The summed E-state index contributed by atoms with van der Waals surface area (Å²) in [6.45, 7) is 12.4. The Morgan fingerprint density at radius 3 is 2.78 bits per heavy atom. The average Bonchev–Trinajstić information content (AvgIpc) is 3.48. The predicted octanol–water partition coefficient (Wildman–Crippen LogP) is 4.89. The van der Waals surface area contributed by atoms with Gasteiger partial charge in [-0.1, -0.05) is 56.8 Å². The quantitative estimate of drug-likeness (QED) is 0.141. The number of benzene rings is 2. The maximum absolute atomic E-state index is 12.1. The highest BCUT2D eigenvalue weighted by atomic mass is 16.3. The first-order valence-electron chi connectivity index (χ1n) is 15.4. The van der Waals surface area contributed by atoms with E-state index in [0.717, 1.165) is 51.9 Å². The fourth-order valence-electron chi connectivity index (χ4n) is 5.78. The Morgan fingerprint density at radius 2 is 1.98 bits per heavy atom. The van der Waals surface area contributed by atoms with Crippen LogP contribution in [0.4, 0.5) is 17.6 Å². The minimum Gasteiger partial charge on any atom is -0.391 e. The van der Waals surface area contributed by atoms with Crippen molar-refractivity contribution in [2.24, 2.45) is 5.92 Å². The third kappa shape index (κ3) is 6.36. The predicted molar refractivity (Wildman–Crippen MR) is 178 cm³/mol. The van der Waals surface area contributed by atoms with E-state index in [-0.39, 0.29) is 17.7 Å². The number of nitrogens with zero attached hydrogens (tertiary/aromatic N) is 5. The van der Waals surface area contributed by atoms with E-state index in [4.69, 9.17) is 15.0 Å². The third-order valence-corrected chi connectivity index (χ3v) is 8.40. The van der Waals surface area contributed by atoms with Crippen LogP contribution in [-0.2, 0) is 11.3 Å². The summed E-state index contributed by atoms with van der Waals surface area (Å²) in [4.78, 5) is 26.7. The Balaban J connectivity index is 1.33. The number of piperidine rings is 1. The second kappa shape index (κ2) is 13.0. The van der Waals surface area contributed by atoms with Crippen molar-refractivity contribution in [3.63, 3.8) is 0 Å². The van der Waals surface area contributed by atoms with Gasteiger partial charge in [0.1, 0.15) is 0 Å². The molecule has 1 aliphatic heterocycles. The number of rotatable bonds is 10. The van der Waals surface area contributed by atoms with Crippen molar-refractivity contribution in [1.29, 1.82) is 0 Å². The Labute approximate surface area is 262 Å². The van der Waals surface area contributed by atoms with Gasteiger partial charge in [0.2, 0.25) is 17.8 Å². The number of aryl methyl sites for hydroxylation is 1. The van der Waals surface area contributed by atoms with E-state index < -0.39 is 6.10 Å². The number of nitrogens with one attached hydrogen (secondary N) is 4. The fraction of sp³-hybridized carbons (Fsp3) is 0.324. The molecule has 3 aromatic heterocycles. The monoisotopic (exact) mass is 605 g/mol. The summed E-state index contributed by atoms with van der Waals surface area (Å²) in [6.07, 6.45) is 3.57. The molecule has 0 aliphatic carbocycles. The van der Waals surface area contributed by atoms with Crippen LogP contribution in [0.5, 0.6) is 0 Å². The third-order valence-electron chi connectivity index (χ3n) is 8.40. The molecule has 1 aliphatic rings. The van der Waals surface area contributed by atoms with Crippen LogP contribution >= 0.6 is 0 Å². The number of β-amino-alcohol motifs (C(OH)–C–C–N with tert-alkyl or cyclic N) is 1. The second-order valence-corrected chi connectivity index (χ2v) is 11.8. The molecular weight excluding hydrogens is 566 g/mol. The molecule has 11 heteroatoms. The number of carbonyl (C=O) groups excluding carboxylic acids is 1. The molecule has 5 aromatic rings. The molecule has 11 nitrogen and oxygen atoms in total. The standard InChI is InChI=1S/C34H39N9O2/c1-5-30(45)39-28-11-7-9-22-12-13-27(40-31(22)28)24-10-6-8-21(4)26(24)17-37-34-42-33(36-16-23-14-15-35-19-29(23)44)41-32-25(20(2)3)18-38-43(32)34/h5-13,18,20,23,29,35,44H,1,14-17,19H2,2-4H3,(H,39,45)(H2,36,37,41,42)/t23-,29+/m1/s1. The van der Waals surface area contributed by atoms with Gasteiger partial charge < -0.3 is 26.4 Å². The van der Waals surface area contributed by atoms with E-state index in [1.165, 1.54) is 6.08 Å². The van der Waals surface area contributed by atoms with Gasteiger partial charge in [0.05, 0.1) is 29.2 Å². The molecule has 1 saturated heterocycles. The highest BCUT2D eigenvalue weighted by Gasteiger charge is 2.23. The largest absolute Gasteiger partial charge is 0.391 e. The van der Waals surface area contributed by atoms with E-state index in [0.29, 0.717) is 42.7 Å². The molecular formula is C34H39N9O2. The number of fused-ring (bicyclic) bond motifs is 2. The molecule has 5 N–H and O–H groups in total. The summed E-state index contributed by atoms with van der Waals surface area (Å²) >= 11 is 0. The van der Waals surface area contributed by atoms with Gasteiger partial charge in [-0.3, -0.25) is 4.79 Å². The van der Waals surface area contributed by atoms with Gasteiger partial charge in [0.15, 0.2) is 5.65 Å². The number of amides is 1. The highest BCUT2D eigenvalue weighted by Crippen LogP contribution is 2.30. The summed E-state index contributed by atoms with van der Waals surface area (Å²) in [7, 11) is 0. The van der Waals surface area contributed by atoms with Gasteiger partial charge in [0, 0.05) is 42.1 Å². The van der Waals surface area contributed by atoms with Crippen LogP contribution in [0.3, 0.4) is 0 Å². The molecule has 0 spiro atoms. The van der Waals surface area contributed by atoms with Gasteiger partial charge >= 0.3 is 0 Å². The molecule has 2 atom stereocenters. The van der Waals surface area contributed by atoms with Crippen molar-refractivity contribution in [2.45, 2.75) is 45.8 Å². The minimum atomic E-state index is -0.411. The maximum Gasteiger partial charge on any atom is 0.247 e. The number of aliphatic hydroxyl groups excluding tert-OH is 1. The van der Waals surface area contributed by atoms with Crippen LogP contribution in [0.25, 0.3) is 27.8 Å². The normalized spacial score (nSPS) is 16.6. The topological polar surface area (TPSA) is 141 Å². The lowest BCUT2D eigenvalue weighted by molar-refractivity contribution is -0.111. The van der Waals surface area contributed by atoms with E-state index in [1.54, 1.807) is 4.52 Å². The lowest BCUT2D eigenvalue weighted by Crippen LogP contribution is -2.43. The van der Waals surface area contributed by atoms with Gasteiger partial charge in [-0.05, 0) is 55.1 Å². The first kappa shape index (κ1) is 30.2. The van der Waals surface area contributed by atoms with E-state index in [9.17, 15) is 9.90 Å². The van der Waals surface area contributed by atoms with E-state index in [1.807, 2.05) is 42.6 Å². The molecule has 0 radical (unpaired) electrons. The summed E-state index contributed by atoms with van der Waals surface area (Å²) in [5.74, 6) is 1.12. The lowest BCUT2D eigenvalue weighted by Gasteiger charge is -2.28. The Morgan fingerprint density at radius 1 is 1.13 bits per heavy atom. The van der Waals surface area contributed by atoms with Crippen LogP contribution < -0.4 is 21.3 Å². The average molecular weight is 606 g/mol. The van der Waals surface area contributed by atoms with Crippen molar-refractivity contribution in [3.05, 3.63) is 84.1 Å². The van der Waals surface area contributed by atoms with Crippen LogP contribution in [-0.4, -0.2) is 61.3 Å². The molecule has 0 bridgehead atoms. The zero-order valence-corrected chi connectivity index (χ0v) is 25.8. The molecule has 2 aromatic carbocycles. The van der Waals surface area contributed by atoms with Crippen LogP contribution in [0.15, 0.2) is 67.4 Å². The van der Waals surface area contributed by atoms with Crippen molar-refractivity contribution in [3.8, 4) is 11.3 Å². The van der Waals surface area contributed by atoms with Crippen molar-refractivity contribution >= 4 is 40.0 Å². The molecule has 1 amide bonds. The molecule has 0 saturated carbocycles. The number of para-hydroxylation sites is 1. The van der Waals surface area contributed by atoms with Gasteiger partial charge in [0.25, 0.3) is 0 Å². The zero-order chi connectivity index (χ0) is 31.5. The van der Waals surface area contributed by atoms with Crippen LogP contribution in [0, 0.1) is 12.8 Å². The summed E-state index contributed by atoms with van der Waals surface area (Å²) in [5, 5.41) is 29.0. The molecule has 45 heavy (non-hydrogen) atoms. The maximum atomic E-state index is 12.1. The van der Waals surface area contributed by atoms with Crippen LogP contribution in [0.2, 0.25) is 0 Å². The molecule has 232 valence electrons. The zero-order valence-electron chi connectivity index (χ0n) is 25.8. The van der Waals surface area contributed by atoms with Crippen LogP contribution in [0.1, 0.15) is 42.9 Å². The highest BCUT2D eigenvalue weighted by molar-refractivity contribution is 6.05. The molecule has 4 heterocycles. The smallest absolute Gasteiger partial charge is 0.247 e. The molecule has 0 unspecified atom stereocenters. The summed E-state index contributed by atoms with van der Waals surface area (Å²) < 4.78 is 1.75. The molecule has 1 fully saturated rings. The molecule has 6 rings (SSSR count). The second-order valence-electron chi connectivity index (χ2n) is 11.8. The Bertz CT molecular complexity index is 1870. The number of aliphatic hydroxyl groups is 1. The number of hydrogen-bond donors (Lipinski definition) is 5. The van der Waals surface area contributed by atoms with Crippen molar-refractivity contribution in [2.75, 3.05) is 35.6 Å². The Kier molecular flexibility index (Phi) is 8.72. The van der Waals surface area contributed by atoms with Gasteiger partial charge in [-0.15, -0.1) is 0 Å². The number of anilines is 3.